The van der Waals surface area contributed by atoms with E-state index in [1.165, 1.54) is 18.2 Å². The third-order valence-electron chi connectivity index (χ3n) is 2.77. The van der Waals surface area contributed by atoms with Crippen LogP contribution in [0.5, 0.6) is 5.75 Å². The molecule has 5 nitrogen and oxygen atoms in total. The molecule has 2 aromatic rings. The monoisotopic (exact) mass is 290 g/mol. The molecule has 0 aliphatic rings. The Morgan fingerprint density at radius 3 is 2.24 bits per heavy atom. The molecule has 0 saturated carbocycles. The maximum atomic E-state index is 13.0. The zero-order chi connectivity index (χ0) is 15.4. The van der Waals surface area contributed by atoms with Crippen molar-refractivity contribution in [3.8, 4) is 5.75 Å². The maximum absolute atomic E-state index is 13.0. The van der Waals surface area contributed by atoms with Crippen molar-refractivity contribution in [1.29, 1.82) is 0 Å². The van der Waals surface area contributed by atoms with Crippen molar-refractivity contribution in [2.45, 2.75) is 6.61 Å². The SMILES string of the molecule is O=C(O)c1ccc(COc2ccc(F)cc2C(=O)O)cc1. The second-order valence-electron chi connectivity index (χ2n) is 4.24. The number of halogens is 1. The lowest BCUT2D eigenvalue weighted by molar-refractivity contribution is 0.0682. The van der Waals surface area contributed by atoms with Gasteiger partial charge in [0, 0.05) is 0 Å². The Balaban J connectivity index is 2.13. The molecule has 2 N–H and O–H groups in total. The number of carbonyl (C=O) groups is 2. The van der Waals surface area contributed by atoms with E-state index >= 15 is 0 Å². The van der Waals surface area contributed by atoms with Crippen molar-refractivity contribution >= 4 is 11.9 Å². The summed E-state index contributed by atoms with van der Waals surface area (Å²) in [4.78, 5) is 21.7. The average molecular weight is 290 g/mol. The third-order valence-corrected chi connectivity index (χ3v) is 2.77. The van der Waals surface area contributed by atoms with Crippen molar-refractivity contribution in [3.63, 3.8) is 0 Å². The fourth-order valence-corrected chi connectivity index (χ4v) is 1.70. The molecular weight excluding hydrogens is 279 g/mol. The topological polar surface area (TPSA) is 83.8 Å². The van der Waals surface area contributed by atoms with Gasteiger partial charge in [-0.25, -0.2) is 14.0 Å². The van der Waals surface area contributed by atoms with Crippen LogP contribution in [0.2, 0.25) is 0 Å². The summed E-state index contributed by atoms with van der Waals surface area (Å²) < 4.78 is 18.4. The van der Waals surface area contributed by atoms with Crippen molar-refractivity contribution < 1.29 is 28.9 Å². The molecule has 0 aliphatic carbocycles. The van der Waals surface area contributed by atoms with Crippen LogP contribution in [0.1, 0.15) is 26.3 Å². The molecule has 21 heavy (non-hydrogen) atoms. The summed E-state index contributed by atoms with van der Waals surface area (Å²) in [6.07, 6.45) is 0. The minimum Gasteiger partial charge on any atom is -0.488 e. The molecule has 0 radical (unpaired) electrons. The Bertz CT molecular complexity index is 679. The first-order valence-corrected chi connectivity index (χ1v) is 5.95. The van der Waals surface area contributed by atoms with Crippen LogP contribution in [0, 0.1) is 5.82 Å². The van der Waals surface area contributed by atoms with Crippen LogP contribution in [0.4, 0.5) is 4.39 Å². The smallest absolute Gasteiger partial charge is 0.339 e. The van der Waals surface area contributed by atoms with Gasteiger partial charge in [0.25, 0.3) is 0 Å². The number of rotatable bonds is 5. The Kier molecular flexibility index (Phi) is 4.18. The van der Waals surface area contributed by atoms with E-state index < -0.39 is 17.8 Å². The number of carboxylic acid groups (broad SMARTS) is 2. The van der Waals surface area contributed by atoms with Crippen LogP contribution < -0.4 is 4.74 Å². The first kappa shape index (κ1) is 14.5. The third kappa shape index (κ3) is 3.56. The molecule has 0 atom stereocenters. The Labute approximate surface area is 119 Å². The molecule has 0 saturated heterocycles. The number of ether oxygens (including phenoxy) is 1. The quantitative estimate of drug-likeness (QED) is 0.884. The van der Waals surface area contributed by atoms with Crippen LogP contribution in [0.15, 0.2) is 42.5 Å². The average Bonchev–Trinajstić information content (AvgIpc) is 2.46. The molecule has 0 spiro atoms. The molecule has 2 aromatic carbocycles. The van der Waals surface area contributed by atoms with Gasteiger partial charge in [0.1, 0.15) is 23.7 Å². The van der Waals surface area contributed by atoms with E-state index in [0.717, 1.165) is 12.1 Å². The van der Waals surface area contributed by atoms with Crippen LogP contribution in [-0.2, 0) is 6.61 Å². The summed E-state index contributed by atoms with van der Waals surface area (Å²) in [5.74, 6) is -2.93. The van der Waals surface area contributed by atoms with Crippen molar-refractivity contribution in [1.82, 2.24) is 0 Å². The van der Waals surface area contributed by atoms with Crippen molar-refractivity contribution in [2.75, 3.05) is 0 Å². The highest BCUT2D eigenvalue weighted by atomic mass is 19.1. The Morgan fingerprint density at radius 1 is 1.00 bits per heavy atom. The van der Waals surface area contributed by atoms with E-state index in [1.54, 1.807) is 12.1 Å². The highest BCUT2D eigenvalue weighted by molar-refractivity contribution is 5.90. The van der Waals surface area contributed by atoms with Crippen LogP contribution in [-0.4, -0.2) is 22.2 Å². The first-order valence-electron chi connectivity index (χ1n) is 5.95. The molecule has 0 fully saturated rings. The normalized spacial score (nSPS) is 10.1. The largest absolute Gasteiger partial charge is 0.488 e. The molecule has 0 unspecified atom stereocenters. The lowest BCUT2D eigenvalue weighted by Crippen LogP contribution is -2.04. The summed E-state index contributed by atoms with van der Waals surface area (Å²) in [7, 11) is 0. The molecule has 0 heterocycles. The van der Waals surface area contributed by atoms with E-state index in [2.05, 4.69) is 0 Å². The molecule has 0 aromatic heterocycles. The van der Waals surface area contributed by atoms with Crippen molar-refractivity contribution in [3.05, 3.63) is 65.0 Å². The van der Waals surface area contributed by atoms with Gasteiger partial charge >= 0.3 is 11.9 Å². The van der Waals surface area contributed by atoms with E-state index in [0.29, 0.717) is 5.56 Å². The molecule has 2 rings (SSSR count). The predicted molar refractivity (Wildman–Crippen MR) is 71.1 cm³/mol. The van der Waals surface area contributed by atoms with Gasteiger partial charge in [-0.2, -0.15) is 0 Å². The molecule has 0 aliphatic heterocycles. The van der Waals surface area contributed by atoms with Crippen molar-refractivity contribution in [2.24, 2.45) is 0 Å². The second kappa shape index (κ2) is 6.04. The molecule has 6 heteroatoms. The zero-order valence-electron chi connectivity index (χ0n) is 10.7. The molecule has 0 amide bonds. The second-order valence-corrected chi connectivity index (χ2v) is 4.24. The van der Waals surface area contributed by atoms with E-state index in [-0.39, 0.29) is 23.5 Å². The summed E-state index contributed by atoms with van der Waals surface area (Å²) in [5.41, 5.74) is 0.546. The lowest BCUT2D eigenvalue weighted by Gasteiger charge is -2.09. The summed E-state index contributed by atoms with van der Waals surface area (Å²) >= 11 is 0. The summed E-state index contributed by atoms with van der Waals surface area (Å²) in [6.45, 7) is 0.0474. The highest BCUT2D eigenvalue weighted by Crippen LogP contribution is 2.21. The first-order chi connectivity index (χ1) is 9.97. The van der Waals surface area contributed by atoms with Crippen LogP contribution in [0.3, 0.4) is 0 Å². The molecule has 0 bridgehead atoms. The Morgan fingerprint density at radius 2 is 1.67 bits per heavy atom. The van der Waals surface area contributed by atoms with E-state index in [9.17, 15) is 14.0 Å². The minimum absolute atomic E-state index is 0.0474. The number of hydrogen-bond donors (Lipinski definition) is 2. The fourth-order valence-electron chi connectivity index (χ4n) is 1.70. The fraction of sp³-hybridized carbons (Fsp3) is 0.0667. The van der Waals surface area contributed by atoms with Gasteiger partial charge in [0.15, 0.2) is 0 Å². The van der Waals surface area contributed by atoms with Gasteiger partial charge in [-0.1, -0.05) is 12.1 Å². The molecule has 108 valence electrons. The zero-order valence-corrected chi connectivity index (χ0v) is 10.7. The van der Waals surface area contributed by atoms with E-state index in [4.69, 9.17) is 14.9 Å². The van der Waals surface area contributed by atoms with Gasteiger partial charge in [-0.3, -0.25) is 0 Å². The number of aromatic carboxylic acids is 2. The Hall–Kier alpha value is -2.89. The minimum atomic E-state index is -1.29. The summed E-state index contributed by atoms with van der Waals surface area (Å²) in [5, 5.41) is 17.7. The maximum Gasteiger partial charge on any atom is 0.339 e. The number of hydrogen-bond acceptors (Lipinski definition) is 3. The standard InChI is InChI=1S/C15H11FO5/c16-11-5-6-13(12(7-11)15(19)20)21-8-9-1-3-10(4-2-9)14(17)18/h1-7H,8H2,(H,17,18)(H,19,20). The lowest BCUT2D eigenvalue weighted by atomic mass is 10.1. The predicted octanol–water partition coefficient (Wildman–Crippen LogP) is 2.80. The van der Waals surface area contributed by atoms with Crippen LogP contribution >= 0.6 is 0 Å². The number of carboxylic acids is 2. The number of benzene rings is 2. The highest BCUT2D eigenvalue weighted by Gasteiger charge is 2.12. The molecular formula is C15H11FO5. The van der Waals surface area contributed by atoms with Gasteiger partial charge in [-0.15, -0.1) is 0 Å². The van der Waals surface area contributed by atoms with Gasteiger partial charge in [-0.05, 0) is 35.9 Å². The van der Waals surface area contributed by atoms with Crippen LogP contribution in [0.25, 0.3) is 0 Å². The van der Waals surface area contributed by atoms with Gasteiger partial charge in [0.2, 0.25) is 0 Å². The van der Waals surface area contributed by atoms with Gasteiger partial charge < -0.3 is 14.9 Å². The van der Waals surface area contributed by atoms with E-state index in [1.807, 2.05) is 0 Å². The van der Waals surface area contributed by atoms with Gasteiger partial charge in [0.05, 0.1) is 5.56 Å². The summed E-state index contributed by atoms with van der Waals surface area (Å²) in [6, 6.07) is 9.19.